The van der Waals surface area contributed by atoms with Crippen molar-refractivity contribution in [3.8, 4) is 0 Å². The van der Waals surface area contributed by atoms with E-state index in [1.165, 1.54) is 6.07 Å². The highest BCUT2D eigenvalue weighted by Crippen LogP contribution is 2.27. The van der Waals surface area contributed by atoms with Gasteiger partial charge in [0.1, 0.15) is 0 Å². The van der Waals surface area contributed by atoms with Crippen molar-refractivity contribution in [2.75, 3.05) is 5.32 Å². The number of benzene rings is 1. The Balaban J connectivity index is 2.07. The molecule has 0 saturated heterocycles. The Morgan fingerprint density at radius 2 is 2.24 bits per heavy atom. The van der Waals surface area contributed by atoms with Crippen molar-refractivity contribution in [2.24, 2.45) is 0 Å². The molecule has 6 heteroatoms. The zero-order valence-corrected chi connectivity index (χ0v) is 10.4. The molecule has 0 atom stereocenters. The Bertz CT molecular complexity index is 526. The molecule has 0 aliphatic rings. The van der Waals surface area contributed by atoms with Crippen LogP contribution in [0.4, 0.5) is 11.4 Å². The Morgan fingerprint density at radius 3 is 2.82 bits per heavy atom. The summed E-state index contributed by atoms with van der Waals surface area (Å²) in [5, 5.41) is 13.8. The SMILES string of the molecule is O=[N+]([O-])c1ccc(NCc2cc[nH]c2)cc1Br. The first-order chi connectivity index (χ1) is 8.16. The molecule has 0 fully saturated rings. The van der Waals surface area contributed by atoms with Gasteiger partial charge in [-0.25, -0.2) is 0 Å². The van der Waals surface area contributed by atoms with Crippen LogP contribution < -0.4 is 5.32 Å². The monoisotopic (exact) mass is 295 g/mol. The summed E-state index contributed by atoms with van der Waals surface area (Å²) in [7, 11) is 0. The van der Waals surface area contributed by atoms with E-state index in [4.69, 9.17) is 0 Å². The van der Waals surface area contributed by atoms with E-state index >= 15 is 0 Å². The minimum atomic E-state index is -0.417. The lowest BCUT2D eigenvalue weighted by Gasteiger charge is -2.05. The van der Waals surface area contributed by atoms with Gasteiger partial charge in [-0.3, -0.25) is 10.1 Å². The summed E-state index contributed by atoms with van der Waals surface area (Å²) in [5.74, 6) is 0. The van der Waals surface area contributed by atoms with Gasteiger partial charge in [0.2, 0.25) is 0 Å². The van der Waals surface area contributed by atoms with Crippen LogP contribution in [0, 0.1) is 10.1 Å². The van der Waals surface area contributed by atoms with Crippen LogP contribution in [0.5, 0.6) is 0 Å². The van der Waals surface area contributed by atoms with Gasteiger partial charge in [0.15, 0.2) is 0 Å². The van der Waals surface area contributed by atoms with Crippen LogP contribution in [0.25, 0.3) is 0 Å². The number of nitro groups is 1. The van der Waals surface area contributed by atoms with E-state index < -0.39 is 4.92 Å². The second-order valence-corrected chi connectivity index (χ2v) is 4.35. The fourth-order valence-electron chi connectivity index (χ4n) is 1.44. The van der Waals surface area contributed by atoms with Gasteiger partial charge in [-0.15, -0.1) is 0 Å². The first kappa shape index (κ1) is 11.7. The number of nitro benzene ring substituents is 1. The zero-order chi connectivity index (χ0) is 12.3. The van der Waals surface area contributed by atoms with Crippen LogP contribution in [0.1, 0.15) is 5.56 Å². The maximum atomic E-state index is 10.6. The molecule has 0 aliphatic heterocycles. The fourth-order valence-corrected chi connectivity index (χ4v) is 1.96. The number of aromatic amines is 1. The molecule has 0 radical (unpaired) electrons. The van der Waals surface area contributed by atoms with Gasteiger partial charge < -0.3 is 10.3 Å². The lowest BCUT2D eigenvalue weighted by molar-refractivity contribution is -0.385. The predicted molar refractivity (Wildman–Crippen MR) is 68.9 cm³/mol. The summed E-state index contributed by atoms with van der Waals surface area (Å²) >= 11 is 3.18. The van der Waals surface area contributed by atoms with Crippen molar-refractivity contribution in [2.45, 2.75) is 6.54 Å². The number of nitrogens with one attached hydrogen (secondary N) is 2. The molecule has 2 aromatic rings. The normalized spacial score (nSPS) is 10.2. The average Bonchev–Trinajstić information content (AvgIpc) is 2.78. The van der Waals surface area contributed by atoms with Gasteiger partial charge in [0, 0.05) is 30.7 Å². The van der Waals surface area contributed by atoms with E-state index in [2.05, 4.69) is 26.2 Å². The minimum absolute atomic E-state index is 0.0668. The molecule has 1 heterocycles. The molecule has 0 aliphatic carbocycles. The molecule has 0 spiro atoms. The van der Waals surface area contributed by atoms with E-state index in [0.717, 1.165) is 11.3 Å². The minimum Gasteiger partial charge on any atom is -0.381 e. The van der Waals surface area contributed by atoms with Crippen molar-refractivity contribution in [1.82, 2.24) is 4.98 Å². The van der Waals surface area contributed by atoms with E-state index in [9.17, 15) is 10.1 Å². The molecule has 17 heavy (non-hydrogen) atoms. The van der Waals surface area contributed by atoms with Gasteiger partial charge >= 0.3 is 0 Å². The fraction of sp³-hybridized carbons (Fsp3) is 0.0909. The third-order valence-corrected chi connectivity index (χ3v) is 2.94. The van der Waals surface area contributed by atoms with Gasteiger partial charge in [-0.2, -0.15) is 0 Å². The number of aromatic nitrogens is 1. The van der Waals surface area contributed by atoms with Gasteiger partial charge in [0.05, 0.1) is 9.40 Å². The summed E-state index contributed by atoms with van der Waals surface area (Å²) < 4.78 is 0.474. The first-order valence-corrected chi connectivity index (χ1v) is 5.75. The van der Waals surface area contributed by atoms with Crippen LogP contribution in [-0.4, -0.2) is 9.91 Å². The highest BCUT2D eigenvalue weighted by Gasteiger charge is 2.11. The molecule has 2 N–H and O–H groups in total. The highest BCUT2D eigenvalue weighted by atomic mass is 79.9. The lowest BCUT2D eigenvalue weighted by Crippen LogP contribution is -1.98. The molecule has 5 nitrogen and oxygen atoms in total. The van der Waals surface area contributed by atoms with E-state index in [0.29, 0.717) is 11.0 Å². The molecular formula is C11H10BrN3O2. The van der Waals surface area contributed by atoms with Crippen LogP contribution in [-0.2, 0) is 6.54 Å². The van der Waals surface area contributed by atoms with Crippen molar-refractivity contribution in [3.63, 3.8) is 0 Å². The molecular weight excluding hydrogens is 286 g/mol. The van der Waals surface area contributed by atoms with Gasteiger partial charge in [-0.05, 0) is 39.7 Å². The molecule has 0 amide bonds. The van der Waals surface area contributed by atoms with E-state index in [1.54, 1.807) is 12.1 Å². The standard InChI is InChI=1S/C11H10BrN3O2/c12-10-5-9(1-2-11(10)15(16)17)14-7-8-3-4-13-6-8/h1-6,13-14H,7H2. The number of hydrogen-bond acceptors (Lipinski definition) is 3. The second kappa shape index (κ2) is 5.01. The Morgan fingerprint density at radius 1 is 1.41 bits per heavy atom. The Kier molecular flexibility index (Phi) is 3.43. The van der Waals surface area contributed by atoms with Crippen molar-refractivity contribution in [1.29, 1.82) is 0 Å². The molecule has 0 saturated carbocycles. The summed E-state index contributed by atoms with van der Waals surface area (Å²) in [6.07, 6.45) is 3.75. The number of nitrogens with zero attached hydrogens (tertiary/aromatic N) is 1. The summed E-state index contributed by atoms with van der Waals surface area (Å²) in [6.45, 7) is 0.674. The average molecular weight is 296 g/mol. The topological polar surface area (TPSA) is 71.0 Å². The van der Waals surface area contributed by atoms with Crippen LogP contribution in [0.2, 0.25) is 0 Å². The van der Waals surface area contributed by atoms with Crippen molar-refractivity contribution < 1.29 is 4.92 Å². The Hall–Kier alpha value is -1.82. The molecule has 2 rings (SSSR count). The molecule has 0 bridgehead atoms. The van der Waals surface area contributed by atoms with E-state index in [1.807, 2.05) is 18.5 Å². The smallest absolute Gasteiger partial charge is 0.283 e. The largest absolute Gasteiger partial charge is 0.381 e. The van der Waals surface area contributed by atoms with E-state index in [-0.39, 0.29) is 5.69 Å². The third-order valence-electron chi connectivity index (χ3n) is 2.30. The second-order valence-electron chi connectivity index (χ2n) is 3.50. The molecule has 88 valence electrons. The third kappa shape index (κ3) is 2.85. The van der Waals surface area contributed by atoms with Crippen molar-refractivity contribution in [3.05, 3.63) is 56.8 Å². The quantitative estimate of drug-likeness (QED) is 0.671. The zero-order valence-electron chi connectivity index (χ0n) is 8.81. The molecule has 1 aromatic heterocycles. The molecule has 1 aromatic carbocycles. The Labute approximate surface area is 106 Å². The number of anilines is 1. The highest BCUT2D eigenvalue weighted by molar-refractivity contribution is 9.10. The summed E-state index contributed by atoms with van der Waals surface area (Å²) in [6, 6.07) is 6.83. The number of rotatable bonds is 4. The van der Waals surface area contributed by atoms with Crippen molar-refractivity contribution >= 4 is 27.3 Å². The summed E-state index contributed by atoms with van der Waals surface area (Å²) in [4.78, 5) is 13.2. The maximum Gasteiger partial charge on any atom is 0.283 e. The number of hydrogen-bond donors (Lipinski definition) is 2. The first-order valence-electron chi connectivity index (χ1n) is 4.96. The lowest BCUT2D eigenvalue weighted by atomic mass is 10.2. The maximum absolute atomic E-state index is 10.6. The van der Waals surface area contributed by atoms with Gasteiger partial charge in [-0.1, -0.05) is 0 Å². The summed E-state index contributed by atoms with van der Waals surface area (Å²) in [5.41, 5.74) is 2.03. The van der Waals surface area contributed by atoms with Crippen LogP contribution in [0.15, 0.2) is 41.1 Å². The molecule has 0 unspecified atom stereocenters. The van der Waals surface area contributed by atoms with Crippen LogP contribution in [0.3, 0.4) is 0 Å². The number of H-pyrrole nitrogens is 1. The predicted octanol–water partition coefficient (Wildman–Crippen LogP) is 3.30. The van der Waals surface area contributed by atoms with Crippen LogP contribution >= 0.6 is 15.9 Å². The van der Waals surface area contributed by atoms with Gasteiger partial charge in [0.25, 0.3) is 5.69 Å². The number of halogens is 1.